The summed E-state index contributed by atoms with van der Waals surface area (Å²) in [5, 5.41) is 5.42. The molecule has 6 nitrogen and oxygen atoms in total. The maximum absolute atomic E-state index is 6.11. The van der Waals surface area contributed by atoms with E-state index in [1.165, 1.54) is 6.33 Å². The minimum absolute atomic E-state index is 0.342. The number of fused-ring (bicyclic) bond motifs is 1. The Balaban J connectivity index is 1.76. The predicted molar refractivity (Wildman–Crippen MR) is 95.4 cm³/mol. The van der Waals surface area contributed by atoms with Crippen molar-refractivity contribution in [3.63, 3.8) is 0 Å². The van der Waals surface area contributed by atoms with Gasteiger partial charge in [0.05, 0.1) is 0 Å². The molecule has 0 atom stereocenters. The first-order valence-electron chi connectivity index (χ1n) is 7.78. The number of ether oxygens (including phenoxy) is 2. The summed E-state index contributed by atoms with van der Waals surface area (Å²) in [6.07, 6.45) is 2.30. The van der Waals surface area contributed by atoms with Crippen molar-refractivity contribution in [3.8, 4) is 11.6 Å². The molecule has 0 radical (unpaired) electrons. The normalized spacial score (nSPS) is 10.7. The van der Waals surface area contributed by atoms with Crippen LogP contribution in [0.25, 0.3) is 10.8 Å². The third kappa shape index (κ3) is 3.72. The maximum atomic E-state index is 6.11. The summed E-state index contributed by atoms with van der Waals surface area (Å²) >= 11 is 0. The van der Waals surface area contributed by atoms with E-state index in [1.807, 2.05) is 36.4 Å². The van der Waals surface area contributed by atoms with E-state index in [-0.39, 0.29) is 0 Å². The SMILES string of the molecule is COCCCNc1ncnc(Oc2ccc3ccccc3c2)c1N. The first-order chi connectivity index (χ1) is 11.8. The van der Waals surface area contributed by atoms with Crippen molar-refractivity contribution in [2.45, 2.75) is 6.42 Å². The molecule has 3 N–H and O–H groups in total. The smallest absolute Gasteiger partial charge is 0.248 e. The fourth-order valence-electron chi connectivity index (χ4n) is 2.37. The van der Waals surface area contributed by atoms with Crippen molar-refractivity contribution in [1.29, 1.82) is 0 Å². The van der Waals surface area contributed by atoms with Gasteiger partial charge in [-0.1, -0.05) is 30.3 Å². The summed E-state index contributed by atoms with van der Waals surface area (Å²) in [4.78, 5) is 8.30. The molecule has 0 amide bonds. The van der Waals surface area contributed by atoms with Crippen molar-refractivity contribution in [3.05, 3.63) is 48.8 Å². The molecule has 0 aliphatic heterocycles. The van der Waals surface area contributed by atoms with Crippen LogP contribution in [0.3, 0.4) is 0 Å². The van der Waals surface area contributed by atoms with Crippen molar-refractivity contribution in [2.24, 2.45) is 0 Å². The second kappa shape index (κ2) is 7.61. The fraction of sp³-hybridized carbons (Fsp3) is 0.222. The van der Waals surface area contributed by atoms with Gasteiger partial charge in [-0.25, -0.2) is 4.98 Å². The Morgan fingerprint density at radius 3 is 2.75 bits per heavy atom. The molecule has 3 rings (SSSR count). The van der Waals surface area contributed by atoms with Crippen LogP contribution in [0.15, 0.2) is 48.8 Å². The first-order valence-corrected chi connectivity index (χ1v) is 7.78. The Kier molecular flexibility index (Phi) is 5.08. The van der Waals surface area contributed by atoms with Gasteiger partial charge in [-0.05, 0) is 29.3 Å². The lowest BCUT2D eigenvalue weighted by Gasteiger charge is -2.12. The molecule has 0 saturated carbocycles. The number of hydrogen-bond donors (Lipinski definition) is 2. The van der Waals surface area contributed by atoms with Crippen LogP contribution in [0.1, 0.15) is 6.42 Å². The molecule has 0 unspecified atom stereocenters. The van der Waals surface area contributed by atoms with Crippen LogP contribution in [-0.2, 0) is 4.74 Å². The van der Waals surface area contributed by atoms with Crippen LogP contribution in [0.4, 0.5) is 11.5 Å². The van der Waals surface area contributed by atoms with Crippen LogP contribution in [0.5, 0.6) is 11.6 Å². The number of hydrogen-bond acceptors (Lipinski definition) is 6. The Morgan fingerprint density at radius 1 is 1.08 bits per heavy atom. The number of nitrogens with one attached hydrogen (secondary N) is 1. The minimum atomic E-state index is 0.342. The summed E-state index contributed by atoms with van der Waals surface area (Å²) < 4.78 is 10.9. The van der Waals surface area contributed by atoms with Crippen LogP contribution in [0, 0.1) is 0 Å². The predicted octanol–water partition coefficient (Wildman–Crippen LogP) is 3.45. The number of nitrogens with two attached hydrogens (primary N) is 1. The number of rotatable bonds is 7. The van der Waals surface area contributed by atoms with Gasteiger partial charge >= 0.3 is 0 Å². The molecule has 2 aromatic carbocycles. The highest BCUT2D eigenvalue weighted by Crippen LogP contribution is 2.30. The highest BCUT2D eigenvalue weighted by molar-refractivity contribution is 5.83. The highest BCUT2D eigenvalue weighted by Gasteiger charge is 2.10. The lowest BCUT2D eigenvalue weighted by Crippen LogP contribution is -2.09. The van der Waals surface area contributed by atoms with Crippen molar-refractivity contribution in [2.75, 3.05) is 31.3 Å². The highest BCUT2D eigenvalue weighted by atomic mass is 16.5. The molecule has 1 heterocycles. The average Bonchev–Trinajstić information content (AvgIpc) is 2.61. The van der Waals surface area contributed by atoms with E-state index in [4.69, 9.17) is 15.2 Å². The molecule has 24 heavy (non-hydrogen) atoms. The molecule has 0 saturated heterocycles. The second-order valence-electron chi connectivity index (χ2n) is 5.33. The molecular formula is C18H20N4O2. The zero-order valence-corrected chi connectivity index (χ0v) is 13.5. The van der Waals surface area contributed by atoms with Gasteiger partial charge in [-0.2, -0.15) is 4.98 Å². The Bertz CT molecular complexity index is 823. The standard InChI is InChI=1S/C18H20N4O2/c1-23-10-4-9-20-17-16(19)18(22-12-21-17)24-15-8-7-13-5-2-3-6-14(13)11-15/h2-3,5-8,11-12H,4,9-10,19H2,1H3,(H,20,21,22). The molecular weight excluding hydrogens is 304 g/mol. The Hall–Kier alpha value is -2.86. The van der Waals surface area contributed by atoms with Crippen molar-refractivity contribution >= 4 is 22.3 Å². The lowest BCUT2D eigenvalue weighted by molar-refractivity contribution is 0.198. The molecule has 0 bridgehead atoms. The topological polar surface area (TPSA) is 82.3 Å². The Morgan fingerprint density at radius 2 is 1.92 bits per heavy atom. The van der Waals surface area contributed by atoms with Gasteiger partial charge in [-0.15, -0.1) is 0 Å². The van der Waals surface area contributed by atoms with Gasteiger partial charge in [0.15, 0.2) is 5.82 Å². The van der Waals surface area contributed by atoms with Gasteiger partial charge in [0.25, 0.3) is 0 Å². The quantitative estimate of drug-likeness (QED) is 0.648. The summed E-state index contributed by atoms with van der Waals surface area (Å²) in [6, 6.07) is 14.0. The third-order valence-corrected chi connectivity index (χ3v) is 3.60. The largest absolute Gasteiger partial charge is 0.437 e. The van der Waals surface area contributed by atoms with Crippen molar-refractivity contribution < 1.29 is 9.47 Å². The van der Waals surface area contributed by atoms with Gasteiger partial charge in [-0.3, -0.25) is 0 Å². The number of aromatic nitrogens is 2. The fourth-order valence-corrected chi connectivity index (χ4v) is 2.37. The van der Waals surface area contributed by atoms with Crippen LogP contribution >= 0.6 is 0 Å². The van der Waals surface area contributed by atoms with E-state index in [9.17, 15) is 0 Å². The van der Waals surface area contributed by atoms with Gasteiger partial charge in [0.1, 0.15) is 17.8 Å². The van der Waals surface area contributed by atoms with Crippen LogP contribution in [-0.4, -0.2) is 30.2 Å². The molecule has 0 aliphatic rings. The van der Waals surface area contributed by atoms with E-state index >= 15 is 0 Å². The molecule has 1 aromatic heterocycles. The third-order valence-electron chi connectivity index (χ3n) is 3.60. The van der Waals surface area contributed by atoms with Gasteiger partial charge in [0.2, 0.25) is 5.88 Å². The second-order valence-corrected chi connectivity index (χ2v) is 5.33. The summed E-state index contributed by atoms with van der Waals surface area (Å²) in [5.41, 5.74) is 6.51. The van der Waals surface area contributed by atoms with E-state index in [1.54, 1.807) is 7.11 Å². The van der Waals surface area contributed by atoms with Gasteiger partial charge < -0.3 is 20.5 Å². The summed E-state index contributed by atoms with van der Waals surface area (Å²) in [7, 11) is 1.68. The van der Waals surface area contributed by atoms with Gasteiger partial charge in [0, 0.05) is 20.3 Å². The molecule has 0 spiro atoms. The number of methoxy groups -OCH3 is 1. The monoisotopic (exact) mass is 324 g/mol. The summed E-state index contributed by atoms with van der Waals surface area (Å²) in [5.74, 6) is 1.59. The minimum Gasteiger partial charge on any atom is -0.437 e. The molecule has 0 fully saturated rings. The zero-order valence-electron chi connectivity index (χ0n) is 13.5. The summed E-state index contributed by atoms with van der Waals surface area (Å²) in [6.45, 7) is 1.39. The lowest BCUT2D eigenvalue weighted by atomic mass is 10.1. The molecule has 6 heteroatoms. The maximum Gasteiger partial charge on any atom is 0.248 e. The van der Waals surface area contributed by atoms with E-state index in [0.717, 1.165) is 17.2 Å². The first kappa shape index (κ1) is 16.0. The molecule has 124 valence electrons. The van der Waals surface area contributed by atoms with E-state index in [0.29, 0.717) is 36.3 Å². The zero-order chi connectivity index (χ0) is 16.8. The average molecular weight is 324 g/mol. The number of nitrogen functional groups attached to an aromatic ring is 1. The van der Waals surface area contributed by atoms with Crippen molar-refractivity contribution in [1.82, 2.24) is 9.97 Å². The van der Waals surface area contributed by atoms with Crippen LogP contribution < -0.4 is 15.8 Å². The molecule has 3 aromatic rings. The number of benzene rings is 2. The molecule has 0 aliphatic carbocycles. The van der Waals surface area contributed by atoms with E-state index in [2.05, 4.69) is 21.4 Å². The van der Waals surface area contributed by atoms with E-state index < -0.39 is 0 Å². The Labute approximate surface area is 140 Å². The number of nitrogens with zero attached hydrogens (tertiary/aromatic N) is 2. The number of anilines is 2. The van der Waals surface area contributed by atoms with Crippen LogP contribution in [0.2, 0.25) is 0 Å².